The molecule has 2 aliphatic carbocycles. The highest BCUT2D eigenvalue weighted by molar-refractivity contribution is 5.79. The number of nitrogens with one attached hydrogen (secondary N) is 2. The molecule has 0 radical (unpaired) electrons. The molecule has 4 N–H and O–H groups in total. The molecule has 4 unspecified atom stereocenters. The maximum Gasteiger partial charge on any atom is 0.205 e. The van der Waals surface area contributed by atoms with Crippen molar-refractivity contribution in [3.63, 3.8) is 0 Å². The van der Waals surface area contributed by atoms with Gasteiger partial charge in [0.25, 0.3) is 0 Å². The smallest absolute Gasteiger partial charge is 0.205 e. The first-order valence-electron chi connectivity index (χ1n) is 7.02. The van der Waals surface area contributed by atoms with Crippen molar-refractivity contribution in [1.82, 2.24) is 10.7 Å². The molecule has 2 rings (SSSR count). The molecule has 0 amide bonds. The van der Waals surface area contributed by atoms with E-state index in [9.17, 15) is 0 Å². The predicted octanol–water partition coefficient (Wildman–Crippen LogP) is 1.63. The summed E-state index contributed by atoms with van der Waals surface area (Å²) < 4.78 is 0. The number of hydrazine groups is 1. The Kier molecular flexibility index (Phi) is 4.26. The molecule has 0 heterocycles. The van der Waals surface area contributed by atoms with Crippen LogP contribution in [0.15, 0.2) is 4.99 Å². The van der Waals surface area contributed by atoms with E-state index in [-0.39, 0.29) is 0 Å². The lowest BCUT2D eigenvalue weighted by Gasteiger charge is -2.29. The van der Waals surface area contributed by atoms with Crippen LogP contribution in [-0.4, -0.2) is 18.5 Å². The minimum absolute atomic E-state index is 0.483. The van der Waals surface area contributed by atoms with Gasteiger partial charge < -0.3 is 5.32 Å². The molecular weight excluding hydrogens is 212 g/mol. The van der Waals surface area contributed by atoms with Gasteiger partial charge in [-0.1, -0.05) is 13.3 Å². The Morgan fingerprint density at radius 3 is 2.76 bits per heavy atom. The molecule has 0 aromatic heterocycles. The summed E-state index contributed by atoms with van der Waals surface area (Å²) in [4.78, 5) is 4.40. The van der Waals surface area contributed by atoms with Gasteiger partial charge in [-0.15, -0.1) is 0 Å². The second-order valence-electron chi connectivity index (χ2n) is 5.65. The van der Waals surface area contributed by atoms with E-state index in [1.54, 1.807) is 0 Å². The van der Waals surface area contributed by atoms with Crippen molar-refractivity contribution in [1.29, 1.82) is 0 Å². The van der Waals surface area contributed by atoms with E-state index in [1.165, 1.54) is 25.7 Å². The third-order valence-electron chi connectivity index (χ3n) is 4.43. The highest BCUT2D eigenvalue weighted by Crippen LogP contribution is 2.49. The molecule has 2 aliphatic rings. The zero-order chi connectivity index (χ0) is 12.3. The molecular formula is C13H26N4. The Bertz CT molecular complexity index is 277. The van der Waals surface area contributed by atoms with E-state index < -0.39 is 0 Å². The summed E-state index contributed by atoms with van der Waals surface area (Å²) in [6.07, 6.45) is 6.78. The van der Waals surface area contributed by atoms with Crippen LogP contribution < -0.4 is 16.6 Å². The number of rotatable bonds is 4. The SMILES string of the molecule is CCCN=C(NN)NC(C)C1CC2CCC1C2. The van der Waals surface area contributed by atoms with Crippen LogP contribution in [0.4, 0.5) is 0 Å². The minimum atomic E-state index is 0.483. The van der Waals surface area contributed by atoms with Crippen LogP contribution in [0.5, 0.6) is 0 Å². The second kappa shape index (κ2) is 5.71. The predicted molar refractivity (Wildman–Crippen MR) is 71.5 cm³/mol. The van der Waals surface area contributed by atoms with E-state index in [0.29, 0.717) is 6.04 Å². The summed E-state index contributed by atoms with van der Waals surface area (Å²) >= 11 is 0. The minimum Gasteiger partial charge on any atom is -0.353 e. The van der Waals surface area contributed by atoms with E-state index in [1.807, 2.05) is 0 Å². The first-order chi connectivity index (χ1) is 8.24. The largest absolute Gasteiger partial charge is 0.353 e. The zero-order valence-corrected chi connectivity index (χ0v) is 11.1. The number of hydrogen-bond donors (Lipinski definition) is 3. The standard InChI is InChI=1S/C13H26N4/c1-3-6-15-13(17-14)16-9(2)12-8-10-4-5-11(12)7-10/h9-12H,3-8,14H2,1-2H3,(H2,15,16,17). The number of aliphatic imine (C=N–C) groups is 1. The number of fused-ring (bicyclic) bond motifs is 2. The van der Waals surface area contributed by atoms with Crippen molar-refractivity contribution in [2.24, 2.45) is 28.6 Å². The van der Waals surface area contributed by atoms with Crippen LogP contribution in [0.1, 0.15) is 46.0 Å². The fourth-order valence-corrected chi connectivity index (χ4v) is 3.59. The van der Waals surface area contributed by atoms with E-state index in [2.05, 4.69) is 29.6 Å². The van der Waals surface area contributed by atoms with E-state index in [4.69, 9.17) is 5.84 Å². The number of guanidine groups is 1. The van der Waals surface area contributed by atoms with Gasteiger partial charge in [-0.25, -0.2) is 5.84 Å². The van der Waals surface area contributed by atoms with Crippen LogP contribution in [-0.2, 0) is 0 Å². The summed E-state index contributed by atoms with van der Waals surface area (Å²) in [5, 5.41) is 3.44. The quantitative estimate of drug-likeness (QED) is 0.302. The van der Waals surface area contributed by atoms with Gasteiger partial charge in [0, 0.05) is 12.6 Å². The summed E-state index contributed by atoms with van der Waals surface area (Å²) in [5.74, 6) is 8.99. The number of hydrogen-bond acceptors (Lipinski definition) is 2. The molecule has 0 aromatic carbocycles. The first-order valence-corrected chi connectivity index (χ1v) is 7.02. The zero-order valence-electron chi connectivity index (χ0n) is 11.1. The van der Waals surface area contributed by atoms with Crippen molar-refractivity contribution < 1.29 is 0 Å². The van der Waals surface area contributed by atoms with Crippen LogP contribution in [0.25, 0.3) is 0 Å². The molecule has 2 saturated carbocycles. The van der Waals surface area contributed by atoms with Crippen LogP contribution >= 0.6 is 0 Å². The Hall–Kier alpha value is -0.770. The summed E-state index contributed by atoms with van der Waals surface area (Å²) in [6.45, 7) is 5.22. The lowest BCUT2D eigenvalue weighted by molar-refractivity contribution is 0.277. The Balaban J connectivity index is 1.85. The van der Waals surface area contributed by atoms with Crippen LogP contribution in [0, 0.1) is 17.8 Å². The monoisotopic (exact) mass is 238 g/mol. The Labute approximate surface area is 104 Å². The molecule has 4 nitrogen and oxygen atoms in total. The lowest BCUT2D eigenvalue weighted by atomic mass is 9.84. The maximum atomic E-state index is 5.49. The Morgan fingerprint density at radius 2 is 2.24 bits per heavy atom. The average Bonchev–Trinajstić information content (AvgIpc) is 2.96. The molecule has 0 spiro atoms. The third kappa shape index (κ3) is 2.92. The van der Waals surface area contributed by atoms with Gasteiger partial charge in [0.1, 0.15) is 0 Å². The van der Waals surface area contributed by atoms with Crippen LogP contribution in [0.2, 0.25) is 0 Å². The highest BCUT2D eigenvalue weighted by Gasteiger charge is 2.41. The van der Waals surface area contributed by atoms with Gasteiger partial charge >= 0.3 is 0 Å². The Morgan fingerprint density at radius 1 is 1.41 bits per heavy atom. The van der Waals surface area contributed by atoms with E-state index >= 15 is 0 Å². The summed E-state index contributed by atoms with van der Waals surface area (Å²) in [5.41, 5.74) is 2.67. The lowest BCUT2D eigenvalue weighted by Crippen LogP contribution is -2.48. The fourth-order valence-electron chi connectivity index (χ4n) is 3.59. The number of nitrogens with two attached hydrogens (primary N) is 1. The van der Waals surface area contributed by atoms with Crippen molar-refractivity contribution in [2.45, 2.75) is 52.0 Å². The van der Waals surface area contributed by atoms with Gasteiger partial charge in [-0.05, 0) is 50.4 Å². The normalized spacial score (nSPS) is 33.8. The van der Waals surface area contributed by atoms with Gasteiger partial charge in [-0.3, -0.25) is 10.4 Å². The molecule has 0 aromatic rings. The highest BCUT2D eigenvalue weighted by atomic mass is 15.3. The molecule has 17 heavy (non-hydrogen) atoms. The van der Waals surface area contributed by atoms with Crippen molar-refractivity contribution in [3.05, 3.63) is 0 Å². The van der Waals surface area contributed by atoms with Crippen LogP contribution in [0.3, 0.4) is 0 Å². The molecule has 4 atom stereocenters. The summed E-state index contributed by atoms with van der Waals surface area (Å²) in [7, 11) is 0. The topological polar surface area (TPSA) is 62.4 Å². The average molecular weight is 238 g/mol. The first kappa shape index (κ1) is 12.7. The van der Waals surface area contributed by atoms with Crippen molar-refractivity contribution in [3.8, 4) is 0 Å². The molecule has 2 bridgehead atoms. The van der Waals surface area contributed by atoms with Gasteiger partial charge in [0.15, 0.2) is 0 Å². The van der Waals surface area contributed by atoms with E-state index in [0.717, 1.165) is 36.7 Å². The van der Waals surface area contributed by atoms with Gasteiger partial charge in [-0.2, -0.15) is 0 Å². The molecule has 2 fully saturated rings. The molecule has 98 valence electrons. The molecule has 0 saturated heterocycles. The number of nitrogens with zero attached hydrogens (tertiary/aromatic N) is 1. The van der Waals surface area contributed by atoms with Crippen molar-refractivity contribution in [2.75, 3.05) is 6.54 Å². The maximum absolute atomic E-state index is 5.49. The third-order valence-corrected chi connectivity index (χ3v) is 4.43. The fraction of sp³-hybridized carbons (Fsp3) is 0.923. The molecule has 0 aliphatic heterocycles. The van der Waals surface area contributed by atoms with Crippen molar-refractivity contribution >= 4 is 5.96 Å². The van der Waals surface area contributed by atoms with Gasteiger partial charge in [0.2, 0.25) is 5.96 Å². The summed E-state index contributed by atoms with van der Waals surface area (Å²) in [6, 6.07) is 0.483. The second-order valence-corrected chi connectivity index (χ2v) is 5.65. The van der Waals surface area contributed by atoms with Gasteiger partial charge in [0.05, 0.1) is 0 Å². The molecule has 4 heteroatoms.